The fourth-order valence-electron chi connectivity index (χ4n) is 2.85. The van der Waals surface area contributed by atoms with Gasteiger partial charge in [-0.15, -0.1) is 0 Å². The quantitative estimate of drug-likeness (QED) is 0.872. The molecule has 0 aliphatic heterocycles. The number of pyridine rings is 1. The van der Waals surface area contributed by atoms with Gasteiger partial charge >= 0.3 is 0 Å². The van der Waals surface area contributed by atoms with Crippen LogP contribution in [-0.2, 0) is 6.54 Å². The van der Waals surface area contributed by atoms with E-state index in [2.05, 4.69) is 22.1 Å². The number of hydrogen-bond acceptors (Lipinski definition) is 3. The van der Waals surface area contributed by atoms with E-state index in [-0.39, 0.29) is 5.82 Å². The van der Waals surface area contributed by atoms with Crippen LogP contribution in [0.3, 0.4) is 0 Å². The highest BCUT2D eigenvalue weighted by atomic mass is 19.1. The molecule has 4 heteroatoms. The zero-order valence-electron chi connectivity index (χ0n) is 11.2. The molecule has 0 unspecified atom stereocenters. The maximum Gasteiger partial charge on any atom is 0.141 e. The molecule has 1 saturated carbocycles. The summed E-state index contributed by atoms with van der Waals surface area (Å²) in [5.41, 5.74) is 0.950. The molecule has 0 amide bonds. The molecule has 0 bridgehead atoms. The second-order valence-electron chi connectivity index (χ2n) is 4.89. The number of hydrogen-bond donors (Lipinski definition) is 1. The second kappa shape index (κ2) is 6.14. The van der Waals surface area contributed by atoms with Crippen LogP contribution >= 0.6 is 0 Å². The highest BCUT2D eigenvalue weighted by molar-refractivity contribution is 5.48. The Morgan fingerprint density at radius 2 is 2.17 bits per heavy atom. The van der Waals surface area contributed by atoms with Gasteiger partial charge in [0.1, 0.15) is 11.6 Å². The van der Waals surface area contributed by atoms with Gasteiger partial charge in [-0.1, -0.05) is 12.8 Å². The SMILES string of the molecule is CCN(c1ncc(F)cc1CNC)C1CCCC1. The molecule has 0 saturated heterocycles. The zero-order valence-corrected chi connectivity index (χ0v) is 11.2. The van der Waals surface area contributed by atoms with Gasteiger partial charge in [0.05, 0.1) is 6.20 Å². The normalized spacial score (nSPS) is 16.2. The van der Waals surface area contributed by atoms with E-state index in [1.807, 2.05) is 7.05 Å². The Morgan fingerprint density at radius 3 is 2.78 bits per heavy atom. The lowest BCUT2D eigenvalue weighted by atomic mass is 10.1. The molecule has 1 heterocycles. The number of nitrogens with one attached hydrogen (secondary N) is 1. The van der Waals surface area contributed by atoms with E-state index >= 15 is 0 Å². The third-order valence-electron chi connectivity index (χ3n) is 3.65. The first-order valence-corrected chi connectivity index (χ1v) is 6.82. The summed E-state index contributed by atoms with van der Waals surface area (Å²) in [6.45, 7) is 3.73. The number of aromatic nitrogens is 1. The van der Waals surface area contributed by atoms with Crippen LogP contribution in [0.25, 0.3) is 0 Å². The predicted molar refractivity (Wildman–Crippen MR) is 72.2 cm³/mol. The molecular weight excluding hydrogens is 229 g/mol. The minimum Gasteiger partial charge on any atom is -0.354 e. The maximum absolute atomic E-state index is 13.3. The Labute approximate surface area is 108 Å². The summed E-state index contributed by atoms with van der Waals surface area (Å²) in [5, 5.41) is 3.09. The van der Waals surface area contributed by atoms with Crippen LogP contribution in [-0.4, -0.2) is 24.6 Å². The molecule has 0 spiro atoms. The molecule has 1 aromatic heterocycles. The molecule has 1 aromatic rings. The van der Waals surface area contributed by atoms with Crippen molar-refractivity contribution in [3.05, 3.63) is 23.6 Å². The lowest BCUT2D eigenvalue weighted by Crippen LogP contribution is -2.35. The third kappa shape index (κ3) is 2.80. The summed E-state index contributed by atoms with van der Waals surface area (Å²) in [5.74, 6) is 0.687. The molecule has 1 N–H and O–H groups in total. The van der Waals surface area contributed by atoms with Gasteiger partial charge in [-0.3, -0.25) is 0 Å². The Bertz CT molecular complexity index is 389. The van der Waals surface area contributed by atoms with Gasteiger partial charge in [-0.2, -0.15) is 0 Å². The Balaban J connectivity index is 2.28. The summed E-state index contributed by atoms with van der Waals surface area (Å²) >= 11 is 0. The van der Waals surface area contributed by atoms with Crippen molar-refractivity contribution in [3.8, 4) is 0 Å². The van der Waals surface area contributed by atoms with Crippen molar-refractivity contribution in [1.82, 2.24) is 10.3 Å². The molecule has 3 nitrogen and oxygen atoms in total. The Kier molecular flexibility index (Phi) is 4.53. The fraction of sp³-hybridized carbons (Fsp3) is 0.643. The molecule has 0 radical (unpaired) electrons. The lowest BCUT2D eigenvalue weighted by molar-refractivity contribution is 0.593. The Hall–Kier alpha value is -1.16. The molecular formula is C14H22FN3. The third-order valence-corrected chi connectivity index (χ3v) is 3.65. The van der Waals surface area contributed by atoms with Gasteiger partial charge < -0.3 is 10.2 Å². The largest absolute Gasteiger partial charge is 0.354 e. The summed E-state index contributed by atoms with van der Waals surface area (Å²) in [7, 11) is 1.88. The highest BCUT2D eigenvalue weighted by Gasteiger charge is 2.24. The van der Waals surface area contributed by atoms with Crippen molar-refractivity contribution in [2.45, 2.75) is 45.2 Å². The monoisotopic (exact) mass is 251 g/mol. The van der Waals surface area contributed by atoms with Crippen molar-refractivity contribution >= 4 is 5.82 Å². The van der Waals surface area contributed by atoms with Crippen molar-refractivity contribution in [1.29, 1.82) is 0 Å². The van der Waals surface area contributed by atoms with Gasteiger partial charge in [0.15, 0.2) is 0 Å². The standard InChI is InChI=1S/C14H22FN3/c1-3-18(13-6-4-5-7-13)14-11(9-16-2)8-12(15)10-17-14/h8,10,13,16H,3-7,9H2,1-2H3. The molecule has 0 aromatic carbocycles. The summed E-state index contributed by atoms with van der Waals surface area (Å²) in [4.78, 5) is 6.66. The minimum atomic E-state index is -0.258. The van der Waals surface area contributed by atoms with Crippen molar-refractivity contribution in [3.63, 3.8) is 0 Å². The minimum absolute atomic E-state index is 0.258. The number of anilines is 1. The van der Waals surface area contributed by atoms with Crippen LogP contribution < -0.4 is 10.2 Å². The van der Waals surface area contributed by atoms with E-state index in [0.717, 1.165) is 17.9 Å². The number of halogens is 1. The van der Waals surface area contributed by atoms with Crippen LogP contribution in [0.4, 0.5) is 10.2 Å². The fourth-order valence-corrected chi connectivity index (χ4v) is 2.85. The van der Waals surface area contributed by atoms with Crippen LogP contribution in [0.1, 0.15) is 38.2 Å². The van der Waals surface area contributed by atoms with E-state index < -0.39 is 0 Å². The van der Waals surface area contributed by atoms with Crippen LogP contribution in [0, 0.1) is 5.82 Å². The van der Waals surface area contributed by atoms with Crippen LogP contribution in [0.2, 0.25) is 0 Å². The van der Waals surface area contributed by atoms with Gasteiger partial charge in [0.25, 0.3) is 0 Å². The van der Waals surface area contributed by atoms with Crippen LogP contribution in [0.5, 0.6) is 0 Å². The van der Waals surface area contributed by atoms with Crippen molar-refractivity contribution in [2.24, 2.45) is 0 Å². The van der Waals surface area contributed by atoms with Gasteiger partial charge in [-0.05, 0) is 32.9 Å². The number of rotatable bonds is 5. The molecule has 100 valence electrons. The summed E-state index contributed by atoms with van der Waals surface area (Å²) in [6.07, 6.45) is 6.37. The first kappa shape index (κ1) is 13.3. The summed E-state index contributed by atoms with van der Waals surface area (Å²) < 4.78 is 13.3. The van der Waals surface area contributed by atoms with Gasteiger partial charge in [0.2, 0.25) is 0 Å². The molecule has 0 atom stereocenters. The van der Waals surface area contributed by atoms with Crippen LogP contribution in [0.15, 0.2) is 12.3 Å². The Morgan fingerprint density at radius 1 is 1.44 bits per heavy atom. The topological polar surface area (TPSA) is 28.2 Å². The first-order chi connectivity index (χ1) is 8.76. The molecule has 2 rings (SSSR count). The van der Waals surface area contributed by atoms with E-state index in [4.69, 9.17) is 0 Å². The van der Waals surface area contributed by atoms with Gasteiger partial charge in [0, 0.05) is 24.7 Å². The van der Waals surface area contributed by atoms with E-state index in [9.17, 15) is 4.39 Å². The molecule has 1 fully saturated rings. The first-order valence-electron chi connectivity index (χ1n) is 6.82. The average Bonchev–Trinajstić information content (AvgIpc) is 2.87. The van der Waals surface area contributed by atoms with Crippen molar-refractivity contribution < 1.29 is 4.39 Å². The number of nitrogens with zero attached hydrogens (tertiary/aromatic N) is 2. The van der Waals surface area contributed by atoms with E-state index in [1.54, 1.807) is 6.07 Å². The molecule has 1 aliphatic rings. The smallest absolute Gasteiger partial charge is 0.141 e. The van der Waals surface area contributed by atoms with E-state index in [0.29, 0.717) is 12.6 Å². The lowest BCUT2D eigenvalue weighted by Gasteiger charge is -2.30. The van der Waals surface area contributed by atoms with Gasteiger partial charge in [-0.25, -0.2) is 9.37 Å². The summed E-state index contributed by atoms with van der Waals surface area (Å²) in [6, 6.07) is 2.17. The van der Waals surface area contributed by atoms with E-state index in [1.165, 1.54) is 31.9 Å². The molecule has 18 heavy (non-hydrogen) atoms. The highest BCUT2D eigenvalue weighted by Crippen LogP contribution is 2.29. The van der Waals surface area contributed by atoms with Crippen molar-refractivity contribution in [2.75, 3.05) is 18.5 Å². The zero-order chi connectivity index (χ0) is 13.0. The molecule has 1 aliphatic carbocycles. The average molecular weight is 251 g/mol. The second-order valence-corrected chi connectivity index (χ2v) is 4.89. The maximum atomic E-state index is 13.3. The predicted octanol–water partition coefficient (Wildman–Crippen LogP) is 2.71.